The van der Waals surface area contributed by atoms with E-state index in [4.69, 9.17) is 15.7 Å². The fraction of sp³-hybridized carbons (Fsp3) is 0.571. The highest BCUT2D eigenvalue weighted by atomic mass is 16.5. The number of nitriles is 1. The normalized spacial score (nSPS) is 33.4. The van der Waals surface area contributed by atoms with Crippen LogP contribution in [0.4, 0.5) is 0 Å². The van der Waals surface area contributed by atoms with Gasteiger partial charge in [0.05, 0.1) is 0 Å². The number of pyridine rings is 1. The van der Waals surface area contributed by atoms with Gasteiger partial charge in [0.2, 0.25) is 5.88 Å². The molecule has 0 amide bonds. The lowest BCUT2D eigenvalue weighted by Crippen LogP contribution is -2.56. The number of rotatable bonds is 2. The highest BCUT2D eigenvalue weighted by Crippen LogP contribution is 2.56. The smallest absolute Gasteiger partial charge is 0.232 e. The number of hydrogen-bond donors (Lipinski definition) is 1. The molecule has 18 heavy (non-hydrogen) atoms. The highest BCUT2D eigenvalue weighted by molar-refractivity contribution is 5.38. The molecule has 2 aliphatic rings. The van der Waals surface area contributed by atoms with Crippen LogP contribution in [0.25, 0.3) is 0 Å². The molecule has 2 fully saturated rings. The maximum Gasteiger partial charge on any atom is 0.232 e. The van der Waals surface area contributed by atoms with Crippen molar-refractivity contribution in [2.45, 2.75) is 44.8 Å². The second-order valence-electron chi connectivity index (χ2n) is 5.73. The molecule has 1 aromatic heterocycles. The summed E-state index contributed by atoms with van der Waals surface area (Å²) in [6.45, 7) is 1.90. The lowest BCUT2D eigenvalue weighted by Gasteiger charge is -2.56. The molecule has 0 bridgehead atoms. The van der Waals surface area contributed by atoms with Crippen molar-refractivity contribution < 1.29 is 4.74 Å². The lowest BCUT2D eigenvalue weighted by atomic mass is 9.53. The van der Waals surface area contributed by atoms with Crippen LogP contribution in [-0.4, -0.2) is 17.1 Å². The quantitative estimate of drug-likeness (QED) is 0.861. The zero-order chi connectivity index (χ0) is 12.8. The van der Waals surface area contributed by atoms with E-state index in [-0.39, 0.29) is 6.10 Å². The number of nitrogens with two attached hydrogens (primary N) is 1. The van der Waals surface area contributed by atoms with Crippen LogP contribution in [0.1, 0.15) is 36.9 Å². The second kappa shape index (κ2) is 3.96. The summed E-state index contributed by atoms with van der Waals surface area (Å²) < 4.78 is 5.85. The van der Waals surface area contributed by atoms with Gasteiger partial charge in [-0.3, -0.25) is 0 Å². The van der Waals surface area contributed by atoms with Gasteiger partial charge < -0.3 is 10.5 Å². The summed E-state index contributed by atoms with van der Waals surface area (Å²) >= 11 is 0. The molecule has 2 N–H and O–H groups in total. The number of aromatic nitrogens is 1. The Morgan fingerprint density at radius 3 is 2.72 bits per heavy atom. The third kappa shape index (κ3) is 1.85. The van der Waals surface area contributed by atoms with Gasteiger partial charge in [-0.1, -0.05) is 0 Å². The van der Waals surface area contributed by atoms with Crippen LogP contribution in [0, 0.1) is 23.7 Å². The van der Waals surface area contributed by atoms with E-state index in [0.29, 0.717) is 22.9 Å². The van der Waals surface area contributed by atoms with Gasteiger partial charge in [0.15, 0.2) is 0 Å². The van der Waals surface area contributed by atoms with E-state index in [0.717, 1.165) is 31.4 Å². The largest absolute Gasteiger partial charge is 0.473 e. The maximum atomic E-state index is 9.02. The molecule has 1 spiro atoms. The topological polar surface area (TPSA) is 71.9 Å². The minimum absolute atomic E-state index is 0.207. The van der Waals surface area contributed by atoms with Crippen molar-refractivity contribution in [2.75, 3.05) is 0 Å². The molecule has 4 nitrogen and oxygen atoms in total. The van der Waals surface area contributed by atoms with Gasteiger partial charge in [0, 0.05) is 11.7 Å². The molecule has 3 rings (SSSR count). The molecule has 0 atom stereocenters. The summed E-state index contributed by atoms with van der Waals surface area (Å²) in [5.41, 5.74) is 7.67. The minimum Gasteiger partial charge on any atom is -0.473 e. The van der Waals surface area contributed by atoms with Gasteiger partial charge in [-0.25, -0.2) is 4.98 Å². The van der Waals surface area contributed by atoms with Crippen LogP contribution in [0.15, 0.2) is 12.1 Å². The zero-order valence-electron chi connectivity index (χ0n) is 10.5. The third-order valence-electron chi connectivity index (χ3n) is 4.11. The monoisotopic (exact) mass is 243 g/mol. The van der Waals surface area contributed by atoms with Crippen molar-refractivity contribution in [2.24, 2.45) is 11.1 Å². The van der Waals surface area contributed by atoms with Gasteiger partial charge in [-0.2, -0.15) is 5.26 Å². The summed E-state index contributed by atoms with van der Waals surface area (Å²) in [5, 5.41) is 9.02. The number of ether oxygens (including phenoxy) is 1. The zero-order valence-corrected chi connectivity index (χ0v) is 10.5. The SMILES string of the molecule is Cc1ccc(C#N)c(OC2CC3(CC(N)C3)C2)n1. The van der Waals surface area contributed by atoms with Crippen LogP contribution in [0.3, 0.4) is 0 Å². The van der Waals surface area contributed by atoms with Crippen LogP contribution in [0.5, 0.6) is 5.88 Å². The van der Waals surface area contributed by atoms with Crippen LogP contribution in [0.2, 0.25) is 0 Å². The average Bonchev–Trinajstić information content (AvgIpc) is 2.24. The summed E-state index contributed by atoms with van der Waals surface area (Å²) in [6, 6.07) is 6.11. The minimum atomic E-state index is 0.207. The van der Waals surface area contributed by atoms with E-state index in [1.165, 1.54) is 0 Å². The number of aryl methyl sites for hydroxylation is 1. The molecule has 4 heteroatoms. The molecule has 94 valence electrons. The Balaban J connectivity index is 1.65. The Bertz CT molecular complexity index is 506. The summed E-state index contributed by atoms with van der Waals surface area (Å²) in [7, 11) is 0. The van der Waals surface area contributed by atoms with Crippen LogP contribution >= 0.6 is 0 Å². The Hall–Kier alpha value is -1.60. The number of nitrogens with zero attached hydrogens (tertiary/aromatic N) is 2. The fourth-order valence-electron chi connectivity index (χ4n) is 3.24. The molecule has 2 saturated carbocycles. The predicted octanol–water partition coefficient (Wildman–Crippen LogP) is 1.91. The summed E-state index contributed by atoms with van der Waals surface area (Å²) in [5.74, 6) is 0.487. The molecule has 2 aliphatic carbocycles. The first-order valence-corrected chi connectivity index (χ1v) is 6.40. The predicted molar refractivity (Wildman–Crippen MR) is 67.0 cm³/mol. The molecule has 0 aromatic carbocycles. The molecule has 0 radical (unpaired) electrons. The van der Waals surface area contributed by atoms with Crippen molar-refractivity contribution in [3.63, 3.8) is 0 Å². The van der Waals surface area contributed by atoms with Crippen molar-refractivity contribution in [3.8, 4) is 11.9 Å². The molecule has 0 saturated heterocycles. The van der Waals surface area contributed by atoms with Crippen LogP contribution in [-0.2, 0) is 0 Å². The molecule has 1 aromatic rings. The maximum absolute atomic E-state index is 9.02. The molecular weight excluding hydrogens is 226 g/mol. The standard InChI is InChI=1S/C14H17N3O/c1-9-2-3-10(8-15)13(17-9)18-12-6-14(7-12)4-11(16)5-14/h2-3,11-12H,4-7,16H2,1H3. The molecular formula is C14H17N3O. The Kier molecular flexibility index (Phi) is 2.53. The second-order valence-corrected chi connectivity index (χ2v) is 5.73. The van der Waals surface area contributed by atoms with Gasteiger partial charge in [0.1, 0.15) is 17.7 Å². The van der Waals surface area contributed by atoms with Gasteiger partial charge in [0.25, 0.3) is 0 Å². The van der Waals surface area contributed by atoms with E-state index in [1.54, 1.807) is 6.07 Å². The van der Waals surface area contributed by atoms with Gasteiger partial charge in [-0.15, -0.1) is 0 Å². The Labute approximate surface area is 107 Å². The fourth-order valence-corrected chi connectivity index (χ4v) is 3.24. The first kappa shape index (κ1) is 11.5. The van der Waals surface area contributed by atoms with Gasteiger partial charge in [-0.05, 0) is 50.2 Å². The first-order chi connectivity index (χ1) is 8.60. The van der Waals surface area contributed by atoms with Crippen molar-refractivity contribution >= 4 is 0 Å². The highest BCUT2D eigenvalue weighted by Gasteiger charge is 2.53. The van der Waals surface area contributed by atoms with Crippen LogP contribution < -0.4 is 10.5 Å². The van der Waals surface area contributed by atoms with E-state index < -0.39 is 0 Å². The van der Waals surface area contributed by atoms with Crippen molar-refractivity contribution in [3.05, 3.63) is 23.4 Å². The van der Waals surface area contributed by atoms with E-state index in [1.807, 2.05) is 13.0 Å². The molecule has 1 heterocycles. The first-order valence-electron chi connectivity index (χ1n) is 6.40. The summed E-state index contributed by atoms with van der Waals surface area (Å²) in [4.78, 5) is 4.30. The lowest BCUT2D eigenvalue weighted by molar-refractivity contribution is -0.0797. The number of hydrogen-bond acceptors (Lipinski definition) is 4. The van der Waals surface area contributed by atoms with Crippen molar-refractivity contribution in [1.29, 1.82) is 5.26 Å². The van der Waals surface area contributed by atoms with E-state index >= 15 is 0 Å². The van der Waals surface area contributed by atoms with Gasteiger partial charge >= 0.3 is 0 Å². The van der Waals surface area contributed by atoms with E-state index in [2.05, 4.69) is 11.1 Å². The Morgan fingerprint density at radius 2 is 2.11 bits per heavy atom. The molecule has 0 aliphatic heterocycles. The summed E-state index contributed by atoms with van der Waals surface area (Å²) in [6.07, 6.45) is 4.57. The van der Waals surface area contributed by atoms with Crippen molar-refractivity contribution in [1.82, 2.24) is 4.98 Å². The third-order valence-corrected chi connectivity index (χ3v) is 4.11. The van der Waals surface area contributed by atoms with E-state index in [9.17, 15) is 0 Å². The molecule has 0 unspecified atom stereocenters. The Morgan fingerprint density at radius 1 is 1.39 bits per heavy atom. The average molecular weight is 243 g/mol.